The van der Waals surface area contributed by atoms with Crippen LogP contribution in [0.3, 0.4) is 0 Å². The Hall–Kier alpha value is -3.30. The molecule has 8 heteroatoms. The van der Waals surface area contributed by atoms with Crippen molar-refractivity contribution in [2.75, 3.05) is 13.6 Å². The Labute approximate surface area is 254 Å². The lowest BCUT2D eigenvalue weighted by molar-refractivity contribution is -0.151. The minimum Gasteiger partial charge on any atom is -0.462 e. The molecule has 4 atom stereocenters. The molecule has 0 spiro atoms. The summed E-state index contributed by atoms with van der Waals surface area (Å²) < 4.78 is 34.9. The number of rotatable bonds is 14. The highest BCUT2D eigenvalue weighted by Crippen LogP contribution is 2.32. The fourth-order valence-electron chi connectivity index (χ4n) is 5.55. The molecule has 0 unspecified atom stereocenters. The van der Waals surface area contributed by atoms with E-state index in [1.165, 1.54) is 25.0 Å². The Morgan fingerprint density at radius 2 is 1.05 bits per heavy atom. The van der Waals surface area contributed by atoms with Crippen LogP contribution >= 0.6 is 0 Å². The van der Waals surface area contributed by atoms with Crippen LogP contribution in [0.1, 0.15) is 69.9 Å². The number of benzene rings is 2. The number of carbonyl (C=O) groups excluding carboxylic acids is 2. The van der Waals surface area contributed by atoms with Crippen molar-refractivity contribution in [2.45, 2.75) is 96.4 Å². The fraction of sp³-hybridized carbons (Fsp3) is 0.486. The van der Waals surface area contributed by atoms with Gasteiger partial charge in [0.15, 0.2) is 0 Å². The Morgan fingerprint density at radius 1 is 0.628 bits per heavy atom. The van der Waals surface area contributed by atoms with Crippen molar-refractivity contribution in [3.63, 3.8) is 0 Å². The summed E-state index contributed by atoms with van der Waals surface area (Å²) in [5.41, 5.74) is 4.54. The zero-order chi connectivity index (χ0) is 30.3. The highest BCUT2D eigenvalue weighted by atomic mass is 16.7. The number of esters is 2. The normalized spacial score (nSPS) is 22.5. The maximum absolute atomic E-state index is 11.9. The molecule has 0 aliphatic heterocycles. The lowest BCUT2D eigenvalue weighted by atomic mass is 9.96. The summed E-state index contributed by atoms with van der Waals surface area (Å²) in [5, 5.41) is 0. The molecule has 2 aliphatic carbocycles. The first-order chi connectivity index (χ1) is 20.9. The molecule has 0 radical (unpaired) electrons. The molecule has 4 rings (SSSR count). The van der Waals surface area contributed by atoms with Gasteiger partial charge in [0.2, 0.25) is 0 Å². The van der Waals surface area contributed by atoms with Gasteiger partial charge in [-0.05, 0) is 30.4 Å². The molecule has 8 nitrogen and oxygen atoms in total. The van der Waals surface area contributed by atoms with E-state index in [4.69, 9.17) is 28.4 Å². The molecule has 43 heavy (non-hydrogen) atoms. The second-order valence-corrected chi connectivity index (χ2v) is 11.2. The quantitative estimate of drug-likeness (QED) is 0.105. The van der Waals surface area contributed by atoms with Crippen LogP contribution < -0.4 is 0 Å². The fourth-order valence-corrected chi connectivity index (χ4v) is 5.55. The molecule has 0 N–H and O–H groups in total. The van der Waals surface area contributed by atoms with Crippen LogP contribution in [0.25, 0.3) is 0 Å². The third kappa shape index (κ3) is 12.5. The number of hydrogen-bond donors (Lipinski definition) is 0. The van der Waals surface area contributed by atoms with Crippen molar-refractivity contribution < 1.29 is 38.0 Å². The molecule has 232 valence electrons. The standard InChI is InChI=1S/C35H44O8/c1-26(36)42-34-18-30(13-15-32(20-34)40-24-38-22-28-9-5-3-6-10-28)17-31-14-16-33(21-35(19-31)43-27(2)37)41-25-39-23-29-11-7-4-8-12-29/h3-14,32-35H,15-25H2,1-2H3/t32-,33+,34+,35-. The predicted molar refractivity (Wildman–Crippen MR) is 162 cm³/mol. The molecular formula is C35H44O8. The Bertz CT molecular complexity index is 1100. The van der Waals surface area contributed by atoms with E-state index in [-0.39, 0.29) is 49.9 Å². The second-order valence-electron chi connectivity index (χ2n) is 11.2. The van der Waals surface area contributed by atoms with Gasteiger partial charge in [0, 0.05) is 39.5 Å². The van der Waals surface area contributed by atoms with Crippen molar-refractivity contribution in [3.8, 4) is 0 Å². The van der Waals surface area contributed by atoms with Gasteiger partial charge in [-0.1, -0.05) is 84.0 Å². The van der Waals surface area contributed by atoms with Crippen LogP contribution in [-0.4, -0.2) is 49.9 Å². The van der Waals surface area contributed by atoms with E-state index in [1.807, 2.05) is 60.7 Å². The minimum absolute atomic E-state index is 0.122. The smallest absolute Gasteiger partial charge is 0.302 e. The molecule has 2 aliphatic rings. The number of hydrogen-bond acceptors (Lipinski definition) is 8. The lowest BCUT2D eigenvalue weighted by Crippen LogP contribution is -2.24. The molecular weight excluding hydrogens is 548 g/mol. The van der Waals surface area contributed by atoms with E-state index in [0.717, 1.165) is 11.1 Å². The highest BCUT2D eigenvalue weighted by molar-refractivity contribution is 5.66. The Balaban J connectivity index is 1.32. The van der Waals surface area contributed by atoms with Crippen molar-refractivity contribution in [1.82, 2.24) is 0 Å². The molecule has 0 saturated carbocycles. The van der Waals surface area contributed by atoms with Crippen molar-refractivity contribution in [1.29, 1.82) is 0 Å². The van der Waals surface area contributed by atoms with E-state index < -0.39 is 0 Å². The maximum atomic E-state index is 11.9. The Kier molecular flexibility index (Phi) is 13.4. The first-order valence-corrected chi connectivity index (χ1v) is 15.1. The van der Waals surface area contributed by atoms with Gasteiger partial charge in [-0.3, -0.25) is 9.59 Å². The summed E-state index contributed by atoms with van der Waals surface area (Å²) in [6.45, 7) is 4.16. The summed E-state index contributed by atoms with van der Waals surface area (Å²) in [6.07, 6.45) is 8.17. The van der Waals surface area contributed by atoms with Crippen molar-refractivity contribution >= 4 is 11.9 Å². The third-order valence-electron chi connectivity index (χ3n) is 7.49. The van der Waals surface area contributed by atoms with E-state index in [1.54, 1.807) is 0 Å². The van der Waals surface area contributed by atoms with Crippen LogP contribution in [0, 0.1) is 0 Å². The molecule has 0 bridgehead atoms. The molecule has 2 aromatic rings. The zero-order valence-corrected chi connectivity index (χ0v) is 25.3. The summed E-state index contributed by atoms with van der Waals surface area (Å²) in [4.78, 5) is 23.7. The van der Waals surface area contributed by atoms with E-state index in [9.17, 15) is 9.59 Å². The van der Waals surface area contributed by atoms with Gasteiger partial charge in [-0.25, -0.2) is 0 Å². The van der Waals surface area contributed by atoms with Gasteiger partial charge < -0.3 is 28.4 Å². The first-order valence-electron chi connectivity index (χ1n) is 15.1. The van der Waals surface area contributed by atoms with Gasteiger partial charge in [-0.15, -0.1) is 0 Å². The minimum atomic E-state index is -0.302. The van der Waals surface area contributed by atoms with Gasteiger partial charge in [0.25, 0.3) is 0 Å². The largest absolute Gasteiger partial charge is 0.462 e. The molecule has 0 amide bonds. The second kappa shape index (κ2) is 17.7. The van der Waals surface area contributed by atoms with Crippen LogP contribution in [-0.2, 0) is 51.2 Å². The predicted octanol–water partition coefficient (Wildman–Crippen LogP) is 6.58. The van der Waals surface area contributed by atoms with Gasteiger partial charge in [0.05, 0.1) is 25.4 Å². The molecule has 0 fully saturated rings. The monoisotopic (exact) mass is 592 g/mol. The summed E-state index contributed by atoms with van der Waals surface area (Å²) >= 11 is 0. The molecule has 0 aromatic heterocycles. The topological polar surface area (TPSA) is 89.5 Å². The van der Waals surface area contributed by atoms with Crippen LogP contribution in [0.4, 0.5) is 0 Å². The highest BCUT2D eigenvalue weighted by Gasteiger charge is 2.27. The van der Waals surface area contributed by atoms with Crippen LogP contribution in [0.15, 0.2) is 84.0 Å². The van der Waals surface area contributed by atoms with Gasteiger partial charge in [-0.2, -0.15) is 0 Å². The van der Waals surface area contributed by atoms with Crippen LogP contribution in [0.5, 0.6) is 0 Å². The number of ether oxygens (including phenoxy) is 6. The third-order valence-corrected chi connectivity index (χ3v) is 7.49. The average molecular weight is 593 g/mol. The molecule has 0 heterocycles. The van der Waals surface area contributed by atoms with Gasteiger partial charge in [0.1, 0.15) is 25.8 Å². The zero-order valence-electron chi connectivity index (χ0n) is 25.3. The van der Waals surface area contributed by atoms with E-state index >= 15 is 0 Å². The molecule has 2 aromatic carbocycles. The van der Waals surface area contributed by atoms with Crippen LogP contribution in [0.2, 0.25) is 0 Å². The van der Waals surface area contributed by atoms with Gasteiger partial charge >= 0.3 is 11.9 Å². The number of carbonyl (C=O) groups is 2. The van der Waals surface area contributed by atoms with E-state index in [0.29, 0.717) is 58.2 Å². The average Bonchev–Trinajstić information content (AvgIpc) is 3.29. The summed E-state index contributed by atoms with van der Waals surface area (Å²) in [6, 6.07) is 19.9. The molecule has 0 saturated heterocycles. The lowest BCUT2D eigenvalue weighted by Gasteiger charge is -2.22. The van der Waals surface area contributed by atoms with E-state index in [2.05, 4.69) is 12.2 Å². The summed E-state index contributed by atoms with van der Waals surface area (Å²) in [5.74, 6) is -0.605. The Morgan fingerprint density at radius 3 is 1.44 bits per heavy atom. The maximum Gasteiger partial charge on any atom is 0.302 e. The van der Waals surface area contributed by atoms with Crippen molar-refractivity contribution in [3.05, 3.63) is 95.1 Å². The van der Waals surface area contributed by atoms with Crippen molar-refractivity contribution in [2.24, 2.45) is 0 Å². The SMILES string of the molecule is CC(=O)O[C@@H]1CC(CC2=CC[C@@H](OCOCc3ccccc3)C[C@@H](OC(C)=O)C2)=CC[C@H](OCOCc2ccccc2)C1. The first kappa shape index (κ1) is 32.6. The summed E-state index contributed by atoms with van der Waals surface area (Å²) in [7, 11) is 0.